The first-order valence-corrected chi connectivity index (χ1v) is 10.9. The van der Waals surface area contributed by atoms with E-state index in [1.807, 2.05) is 39.0 Å². The summed E-state index contributed by atoms with van der Waals surface area (Å²) in [5, 5.41) is 3.48. The van der Waals surface area contributed by atoms with Crippen LogP contribution in [0.1, 0.15) is 48.8 Å². The number of nitrogens with one attached hydrogen (secondary N) is 1. The lowest BCUT2D eigenvalue weighted by molar-refractivity contribution is 0.281. The predicted octanol–water partition coefficient (Wildman–Crippen LogP) is 5.37. The van der Waals surface area contributed by atoms with Gasteiger partial charge in [-0.05, 0) is 44.5 Å². The Morgan fingerprint density at radius 2 is 1.97 bits per heavy atom. The summed E-state index contributed by atoms with van der Waals surface area (Å²) in [4.78, 5) is 17.5. The number of aliphatic imine (C=N–C) groups is 1. The second-order valence-electron chi connectivity index (χ2n) is 7.56. The van der Waals surface area contributed by atoms with Gasteiger partial charge in [-0.25, -0.2) is 9.38 Å². The van der Waals surface area contributed by atoms with Gasteiger partial charge in [0, 0.05) is 11.6 Å². The number of para-hydroxylation sites is 1. The van der Waals surface area contributed by atoms with E-state index >= 15 is 0 Å². The van der Waals surface area contributed by atoms with Crippen molar-refractivity contribution in [3.63, 3.8) is 0 Å². The van der Waals surface area contributed by atoms with Gasteiger partial charge < -0.3 is 9.47 Å². The first kappa shape index (κ1) is 21.2. The number of rotatable bonds is 6. The lowest BCUT2D eigenvalue weighted by Crippen LogP contribution is -2.15. The fourth-order valence-corrected chi connectivity index (χ4v) is 4.72. The van der Waals surface area contributed by atoms with Crippen molar-refractivity contribution in [3.8, 4) is 11.5 Å². The number of thioether (sulfide) groups is 1. The van der Waals surface area contributed by atoms with E-state index in [4.69, 9.17) is 9.47 Å². The van der Waals surface area contributed by atoms with Crippen LogP contribution in [0.25, 0.3) is 0 Å². The summed E-state index contributed by atoms with van der Waals surface area (Å²) in [5.41, 5.74) is 2.10. The number of methoxy groups -OCH3 is 1. The molecule has 0 fully saturated rings. The normalized spacial score (nSPS) is 15.5. The molecular weight excluding hydrogens is 417 g/mol. The van der Waals surface area contributed by atoms with Crippen LogP contribution in [0.3, 0.4) is 0 Å². The monoisotopic (exact) mass is 441 g/mol. The molecule has 6 nitrogen and oxygen atoms in total. The van der Waals surface area contributed by atoms with Gasteiger partial charge in [-0.1, -0.05) is 36.0 Å². The molecule has 1 aromatic heterocycles. The van der Waals surface area contributed by atoms with E-state index in [2.05, 4.69) is 10.1 Å². The number of halogens is 1. The molecule has 0 aliphatic carbocycles. The van der Waals surface area contributed by atoms with Crippen LogP contribution >= 0.6 is 11.8 Å². The molecule has 2 heterocycles. The van der Waals surface area contributed by atoms with Gasteiger partial charge >= 0.3 is 0 Å². The van der Waals surface area contributed by atoms with Crippen LogP contribution in [0.4, 0.5) is 10.2 Å². The summed E-state index contributed by atoms with van der Waals surface area (Å²) in [6, 6.07) is 11.9. The average molecular weight is 442 g/mol. The van der Waals surface area contributed by atoms with Gasteiger partial charge in [0.1, 0.15) is 12.4 Å². The third kappa shape index (κ3) is 4.12. The number of fused-ring (bicyclic) bond motifs is 1. The number of nitrogens with zero attached hydrogens (tertiary/aromatic N) is 2. The lowest BCUT2D eigenvalue weighted by Gasteiger charge is -2.24. The Hall–Kier alpha value is -3.00. The van der Waals surface area contributed by atoms with Crippen LogP contribution in [-0.2, 0) is 6.61 Å². The van der Waals surface area contributed by atoms with E-state index in [1.54, 1.807) is 23.9 Å². The van der Waals surface area contributed by atoms with Crippen molar-refractivity contribution in [1.82, 2.24) is 9.78 Å². The summed E-state index contributed by atoms with van der Waals surface area (Å²) < 4.78 is 26.8. The molecule has 1 atom stereocenters. The van der Waals surface area contributed by atoms with E-state index in [0.29, 0.717) is 22.9 Å². The molecule has 4 rings (SSSR count). The highest BCUT2D eigenvalue weighted by molar-refractivity contribution is 8.14. The minimum atomic E-state index is -0.297. The lowest BCUT2D eigenvalue weighted by atomic mass is 10.0. The van der Waals surface area contributed by atoms with Crippen molar-refractivity contribution >= 4 is 22.6 Å². The van der Waals surface area contributed by atoms with Gasteiger partial charge in [-0.15, -0.1) is 0 Å². The van der Waals surface area contributed by atoms with Gasteiger partial charge in [0.05, 0.1) is 23.0 Å². The van der Waals surface area contributed by atoms with Gasteiger partial charge in [0.15, 0.2) is 17.3 Å². The maximum atomic E-state index is 13.2. The first-order chi connectivity index (χ1) is 14.9. The van der Waals surface area contributed by atoms with Crippen molar-refractivity contribution < 1.29 is 13.9 Å². The van der Waals surface area contributed by atoms with Gasteiger partial charge in [-0.2, -0.15) is 0 Å². The minimum absolute atomic E-state index is 0.0660. The van der Waals surface area contributed by atoms with Crippen molar-refractivity contribution in [2.75, 3.05) is 7.11 Å². The zero-order chi connectivity index (χ0) is 22.1. The Bertz CT molecular complexity index is 1180. The van der Waals surface area contributed by atoms with Crippen molar-refractivity contribution in [1.29, 1.82) is 0 Å². The number of aromatic amines is 1. The SMILES string of the molecule is COc1cccc([C@@H]2SC(C)=Nc3c2c(=O)[nH]n3C(C)C)c1OCc1ccc(F)cc1. The molecule has 162 valence electrons. The molecule has 1 aliphatic rings. The summed E-state index contributed by atoms with van der Waals surface area (Å²) in [6.45, 7) is 6.18. The summed E-state index contributed by atoms with van der Waals surface area (Å²) >= 11 is 1.51. The number of aromatic nitrogens is 2. The highest BCUT2D eigenvalue weighted by atomic mass is 32.2. The van der Waals surface area contributed by atoms with E-state index in [0.717, 1.165) is 16.2 Å². The zero-order valence-electron chi connectivity index (χ0n) is 17.8. The molecule has 1 N–H and O–H groups in total. The molecule has 0 saturated heterocycles. The Morgan fingerprint density at radius 3 is 2.65 bits per heavy atom. The maximum absolute atomic E-state index is 13.2. The van der Waals surface area contributed by atoms with Crippen LogP contribution < -0.4 is 15.0 Å². The van der Waals surface area contributed by atoms with E-state index in [1.165, 1.54) is 23.9 Å². The molecule has 0 bridgehead atoms. The Balaban J connectivity index is 1.78. The van der Waals surface area contributed by atoms with Crippen molar-refractivity contribution in [2.45, 2.75) is 38.7 Å². The molecule has 31 heavy (non-hydrogen) atoms. The van der Waals surface area contributed by atoms with E-state index in [9.17, 15) is 9.18 Å². The number of benzene rings is 2. The fraction of sp³-hybridized carbons (Fsp3) is 0.304. The highest BCUT2D eigenvalue weighted by Crippen LogP contribution is 2.49. The summed E-state index contributed by atoms with van der Waals surface area (Å²) in [6.07, 6.45) is 0. The molecule has 3 aromatic rings. The zero-order valence-corrected chi connectivity index (χ0v) is 18.6. The van der Waals surface area contributed by atoms with Crippen LogP contribution in [0.5, 0.6) is 11.5 Å². The Morgan fingerprint density at radius 1 is 1.23 bits per heavy atom. The molecule has 0 amide bonds. The quantitative estimate of drug-likeness (QED) is 0.558. The molecule has 0 unspecified atom stereocenters. The first-order valence-electron chi connectivity index (χ1n) is 9.99. The molecule has 2 aromatic carbocycles. The topological polar surface area (TPSA) is 68.6 Å². The second-order valence-corrected chi connectivity index (χ2v) is 8.86. The van der Waals surface area contributed by atoms with Crippen LogP contribution in [-0.4, -0.2) is 21.9 Å². The average Bonchev–Trinajstić information content (AvgIpc) is 3.09. The van der Waals surface area contributed by atoms with Gasteiger partial charge in [-0.3, -0.25) is 14.6 Å². The molecule has 8 heteroatoms. The molecule has 0 spiro atoms. The summed E-state index contributed by atoms with van der Waals surface area (Å²) in [5.74, 6) is 1.48. The highest BCUT2D eigenvalue weighted by Gasteiger charge is 2.33. The van der Waals surface area contributed by atoms with E-state index < -0.39 is 0 Å². The third-order valence-electron chi connectivity index (χ3n) is 5.07. The van der Waals surface area contributed by atoms with Gasteiger partial charge in [0.25, 0.3) is 5.56 Å². The second kappa shape index (κ2) is 8.63. The number of hydrogen-bond acceptors (Lipinski definition) is 5. The predicted molar refractivity (Wildman–Crippen MR) is 121 cm³/mol. The number of H-pyrrole nitrogens is 1. The van der Waals surface area contributed by atoms with E-state index in [-0.39, 0.29) is 29.3 Å². The largest absolute Gasteiger partial charge is 0.493 e. The number of ether oxygens (including phenoxy) is 2. The van der Waals surface area contributed by atoms with Crippen LogP contribution in [0.2, 0.25) is 0 Å². The molecule has 0 saturated carbocycles. The van der Waals surface area contributed by atoms with Gasteiger partial charge in [0.2, 0.25) is 0 Å². The smallest absolute Gasteiger partial charge is 0.271 e. The maximum Gasteiger partial charge on any atom is 0.271 e. The van der Waals surface area contributed by atoms with Crippen molar-refractivity contribution in [3.05, 3.63) is 75.3 Å². The minimum Gasteiger partial charge on any atom is -0.493 e. The molecule has 1 aliphatic heterocycles. The van der Waals surface area contributed by atoms with Crippen molar-refractivity contribution in [2.24, 2.45) is 4.99 Å². The standard InChI is InChI=1S/C23H24FN3O3S/c1-13(2)27-22-19(23(28)26-27)21(31-14(3)25-22)17-6-5-7-18(29-4)20(17)30-12-15-8-10-16(24)11-9-15/h5-11,13,21H,12H2,1-4H3,(H,26,28)/t21-/m0/s1. The van der Waals surface area contributed by atoms with Crippen LogP contribution in [0.15, 0.2) is 52.3 Å². The third-order valence-corrected chi connectivity index (χ3v) is 6.23. The fourth-order valence-electron chi connectivity index (χ4n) is 3.59. The summed E-state index contributed by atoms with van der Waals surface area (Å²) in [7, 11) is 1.58. The molecular formula is C23H24FN3O3S. The Labute approximate surface area is 184 Å². The molecule has 0 radical (unpaired) electrons. The Kier molecular flexibility index (Phi) is 5.91. The van der Waals surface area contributed by atoms with Crippen LogP contribution in [0, 0.1) is 5.82 Å². The number of hydrogen-bond donors (Lipinski definition) is 1.